The van der Waals surface area contributed by atoms with Crippen molar-refractivity contribution in [2.45, 2.75) is 26.5 Å². The van der Waals surface area contributed by atoms with Crippen molar-refractivity contribution in [3.8, 4) is 11.4 Å². The van der Waals surface area contributed by atoms with Crippen LogP contribution in [-0.2, 0) is 6.61 Å². The second kappa shape index (κ2) is 5.00. The lowest BCUT2D eigenvalue weighted by molar-refractivity contribution is 0.262. The average molecular weight is 271 g/mol. The Kier molecular flexibility index (Phi) is 3.57. The molecule has 2 aromatic rings. The molecule has 0 saturated heterocycles. The normalized spacial score (nSPS) is 11.3. The second-order valence-electron chi connectivity index (χ2n) is 4.28. The maximum absolute atomic E-state index is 13.7. The molecule has 102 valence electrons. The van der Waals surface area contributed by atoms with Crippen molar-refractivity contribution in [3.63, 3.8) is 0 Å². The Balaban J connectivity index is 2.66. The lowest BCUT2D eigenvalue weighted by Crippen LogP contribution is -2.09. The van der Waals surface area contributed by atoms with Gasteiger partial charge in [0.25, 0.3) is 0 Å². The third-order valence-electron chi connectivity index (χ3n) is 2.70. The summed E-state index contributed by atoms with van der Waals surface area (Å²) in [6, 6.07) is 1.75. The summed E-state index contributed by atoms with van der Waals surface area (Å²) in [4.78, 5) is 0. The zero-order chi connectivity index (χ0) is 14.2. The number of aromatic nitrogens is 3. The van der Waals surface area contributed by atoms with E-state index in [2.05, 4.69) is 10.2 Å². The highest BCUT2D eigenvalue weighted by atomic mass is 19.2. The number of hydrogen-bond donors (Lipinski definition) is 1. The van der Waals surface area contributed by atoms with Crippen molar-refractivity contribution in [2.24, 2.45) is 0 Å². The summed E-state index contributed by atoms with van der Waals surface area (Å²) in [5, 5.41) is 16.6. The molecule has 2 rings (SSSR count). The average Bonchev–Trinajstić information content (AvgIpc) is 2.80. The Hall–Kier alpha value is -1.89. The van der Waals surface area contributed by atoms with Gasteiger partial charge in [-0.05, 0) is 26.0 Å². The first-order valence-electron chi connectivity index (χ1n) is 5.65. The fraction of sp³-hybridized carbons (Fsp3) is 0.333. The van der Waals surface area contributed by atoms with Crippen molar-refractivity contribution in [3.05, 3.63) is 35.4 Å². The largest absolute Gasteiger partial charge is 0.388 e. The number of halogens is 3. The van der Waals surface area contributed by atoms with E-state index >= 15 is 0 Å². The van der Waals surface area contributed by atoms with E-state index in [4.69, 9.17) is 5.11 Å². The molecule has 0 unspecified atom stereocenters. The molecule has 0 bridgehead atoms. The quantitative estimate of drug-likeness (QED) is 0.872. The second-order valence-corrected chi connectivity index (χ2v) is 4.28. The van der Waals surface area contributed by atoms with Crippen LogP contribution in [0.15, 0.2) is 12.1 Å². The highest BCUT2D eigenvalue weighted by Gasteiger charge is 2.21. The fourth-order valence-corrected chi connectivity index (χ4v) is 1.86. The fourth-order valence-electron chi connectivity index (χ4n) is 1.86. The van der Waals surface area contributed by atoms with Gasteiger partial charge in [-0.2, -0.15) is 0 Å². The first kappa shape index (κ1) is 13.5. The molecular formula is C12H12F3N3O. The van der Waals surface area contributed by atoms with Gasteiger partial charge in [-0.3, -0.25) is 0 Å². The third kappa shape index (κ3) is 2.21. The van der Waals surface area contributed by atoms with Gasteiger partial charge in [0, 0.05) is 6.04 Å². The molecular weight excluding hydrogens is 259 g/mol. The van der Waals surface area contributed by atoms with Crippen molar-refractivity contribution < 1.29 is 18.3 Å². The summed E-state index contributed by atoms with van der Waals surface area (Å²) < 4.78 is 41.4. The smallest absolute Gasteiger partial charge is 0.195 e. The number of aliphatic hydroxyl groups excluding tert-OH is 1. The molecule has 0 amide bonds. The van der Waals surface area contributed by atoms with Gasteiger partial charge in [0.2, 0.25) is 0 Å². The topological polar surface area (TPSA) is 50.9 Å². The number of nitrogens with zero attached hydrogens (tertiary/aromatic N) is 3. The van der Waals surface area contributed by atoms with Crippen LogP contribution in [0.4, 0.5) is 13.2 Å². The molecule has 1 N–H and O–H groups in total. The number of benzene rings is 1. The molecule has 0 fully saturated rings. The van der Waals surface area contributed by atoms with Crippen LogP contribution in [0.3, 0.4) is 0 Å². The molecule has 0 radical (unpaired) electrons. The first-order chi connectivity index (χ1) is 8.97. The minimum atomic E-state index is -1.55. The van der Waals surface area contributed by atoms with Gasteiger partial charge in [0.05, 0.1) is 5.56 Å². The molecule has 4 nitrogen and oxygen atoms in total. The zero-order valence-corrected chi connectivity index (χ0v) is 10.4. The van der Waals surface area contributed by atoms with E-state index in [1.54, 1.807) is 13.8 Å². The number of hydrogen-bond acceptors (Lipinski definition) is 3. The molecule has 1 aromatic heterocycles. The van der Waals surface area contributed by atoms with Crippen molar-refractivity contribution in [1.29, 1.82) is 0 Å². The minimum absolute atomic E-state index is 0.0513. The molecule has 7 heteroatoms. The Labute approximate surface area is 107 Å². The Morgan fingerprint density at radius 2 is 1.84 bits per heavy atom. The molecule has 0 aliphatic carbocycles. The van der Waals surface area contributed by atoms with Crippen LogP contribution in [0, 0.1) is 17.5 Å². The standard InChI is InChI=1S/C12H12F3N3O/c1-6(2)18-9(5-19)16-17-12(18)7-3-4-8(13)11(15)10(7)14/h3-4,6,19H,5H2,1-2H3. The molecule has 0 aliphatic heterocycles. The third-order valence-corrected chi connectivity index (χ3v) is 2.70. The van der Waals surface area contributed by atoms with Crippen LogP contribution in [-0.4, -0.2) is 19.9 Å². The molecule has 0 saturated carbocycles. The van der Waals surface area contributed by atoms with E-state index < -0.39 is 17.5 Å². The summed E-state index contributed by atoms with van der Waals surface area (Å²) in [5.41, 5.74) is -0.195. The van der Waals surface area contributed by atoms with Gasteiger partial charge in [0.15, 0.2) is 29.1 Å². The van der Waals surface area contributed by atoms with Crippen molar-refractivity contribution in [1.82, 2.24) is 14.8 Å². The Morgan fingerprint density at radius 3 is 2.42 bits per heavy atom. The monoisotopic (exact) mass is 271 g/mol. The highest BCUT2D eigenvalue weighted by Crippen LogP contribution is 2.27. The van der Waals surface area contributed by atoms with E-state index in [1.807, 2.05) is 0 Å². The molecule has 0 atom stereocenters. The van der Waals surface area contributed by atoms with Gasteiger partial charge in [-0.25, -0.2) is 13.2 Å². The van der Waals surface area contributed by atoms with Gasteiger partial charge in [-0.15, -0.1) is 10.2 Å². The van der Waals surface area contributed by atoms with Crippen LogP contribution in [0.5, 0.6) is 0 Å². The number of aliphatic hydroxyl groups is 1. The van der Waals surface area contributed by atoms with Gasteiger partial charge >= 0.3 is 0 Å². The van der Waals surface area contributed by atoms with Crippen molar-refractivity contribution >= 4 is 0 Å². The maximum atomic E-state index is 13.7. The summed E-state index contributed by atoms with van der Waals surface area (Å²) in [7, 11) is 0. The highest BCUT2D eigenvalue weighted by molar-refractivity contribution is 5.56. The van der Waals surface area contributed by atoms with Gasteiger partial charge in [-0.1, -0.05) is 0 Å². The SMILES string of the molecule is CC(C)n1c(CO)nnc1-c1ccc(F)c(F)c1F. The lowest BCUT2D eigenvalue weighted by atomic mass is 10.1. The molecule has 0 aliphatic rings. The summed E-state index contributed by atoms with van der Waals surface area (Å²) in [6.07, 6.45) is 0. The van der Waals surface area contributed by atoms with Crippen molar-refractivity contribution in [2.75, 3.05) is 0 Å². The maximum Gasteiger partial charge on any atom is 0.195 e. The molecule has 19 heavy (non-hydrogen) atoms. The van der Waals surface area contributed by atoms with Gasteiger partial charge < -0.3 is 9.67 Å². The Morgan fingerprint density at radius 1 is 1.16 bits per heavy atom. The molecule has 1 heterocycles. The van der Waals surface area contributed by atoms with Crippen LogP contribution in [0.1, 0.15) is 25.7 Å². The summed E-state index contributed by atoms with van der Waals surface area (Å²) in [5.74, 6) is -3.86. The van der Waals surface area contributed by atoms with E-state index in [1.165, 1.54) is 4.57 Å². The lowest BCUT2D eigenvalue weighted by Gasteiger charge is -2.13. The van der Waals surface area contributed by atoms with Crippen LogP contribution in [0.2, 0.25) is 0 Å². The predicted octanol–water partition coefficient (Wildman–Crippen LogP) is 2.44. The van der Waals surface area contributed by atoms with Crippen LogP contribution >= 0.6 is 0 Å². The summed E-state index contributed by atoms with van der Waals surface area (Å²) >= 11 is 0. The van der Waals surface area contributed by atoms with Crippen LogP contribution < -0.4 is 0 Å². The van der Waals surface area contributed by atoms with E-state index in [-0.39, 0.29) is 29.9 Å². The molecule has 1 aromatic carbocycles. The Bertz CT molecular complexity index is 611. The molecule has 0 spiro atoms. The number of rotatable bonds is 3. The van der Waals surface area contributed by atoms with Crippen LogP contribution in [0.25, 0.3) is 11.4 Å². The van der Waals surface area contributed by atoms with Gasteiger partial charge in [0.1, 0.15) is 6.61 Å². The zero-order valence-electron chi connectivity index (χ0n) is 10.4. The minimum Gasteiger partial charge on any atom is -0.388 e. The van der Waals surface area contributed by atoms with E-state index in [9.17, 15) is 13.2 Å². The summed E-state index contributed by atoms with van der Waals surface area (Å²) in [6.45, 7) is 3.18. The first-order valence-corrected chi connectivity index (χ1v) is 5.65. The van der Waals surface area contributed by atoms with E-state index in [0.29, 0.717) is 0 Å². The van der Waals surface area contributed by atoms with E-state index in [0.717, 1.165) is 12.1 Å². The predicted molar refractivity (Wildman–Crippen MR) is 61.6 cm³/mol.